The van der Waals surface area contributed by atoms with Crippen LogP contribution in [0.3, 0.4) is 0 Å². The van der Waals surface area contributed by atoms with E-state index in [1.54, 1.807) is 25.3 Å². The number of fused-ring (bicyclic) bond motifs is 2. The maximum Gasteiger partial charge on any atom is 0.330 e. The summed E-state index contributed by atoms with van der Waals surface area (Å²) in [5, 5.41) is 20.8. The number of urea groups is 1. The van der Waals surface area contributed by atoms with Crippen LogP contribution < -0.4 is 20.1 Å². The normalized spacial score (nSPS) is 22.2. The summed E-state index contributed by atoms with van der Waals surface area (Å²) < 4.78 is 13.8. The third kappa shape index (κ3) is 7.11. The van der Waals surface area contributed by atoms with E-state index in [1.807, 2.05) is 48.2 Å². The maximum atomic E-state index is 13.6. The number of aryl methyl sites for hydroxylation is 1. The molecular formula is C34H44N6O6. The minimum Gasteiger partial charge on any atom is -0.496 e. The Morgan fingerprint density at radius 2 is 2.02 bits per heavy atom. The first-order valence-electron chi connectivity index (χ1n) is 15.9. The van der Waals surface area contributed by atoms with E-state index in [-0.39, 0.29) is 18.9 Å². The molecule has 3 aromatic rings. The van der Waals surface area contributed by atoms with Crippen LogP contribution in [0.4, 0.5) is 4.79 Å². The highest BCUT2D eigenvalue weighted by molar-refractivity contribution is 5.94. The minimum atomic E-state index is -1.37. The van der Waals surface area contributed by atoms with Crippen molar-refractivity contribution in [2.75, 3.05) is 27.3 Å². The molecule has 246 valence electrons. The second-order valence-corrected chi connectivity index (χ2v) is 12.7. The number of aliphatic carboxylic acids is 1. The quantitative estimate of drug-likeness (QED) is 0.291. The smallest absolute Gasteiger partial charge is 0.330 e. The molecule has 2 aromatic heterocycles. The lowest BCUT2D eigenvalue weighted by atomic mass is 10.1. The lowest BCUT2D eigenvalue weighted by molar-refractivity contribution is -0.143. The van der Waals surface area contributed by atoms with Crippen molar-refractivity contribution in [3.63, 3.8) is 0 Å². The molecular weight excluding hydrogens is 588 g/mol. The van der Waals surface area contributed by atoms with Crippen molar-refractivity contribution in [1.82, 2.24) is 30.3 Å². The summed E-state index contributed by atoms with van der Waals surface area (Å²) in [5.41, 5.74) is 1.71. The molecule has 1 aliphatic heterocycles. The van der Waals surface area contributed by atoms with Crippen molar-refractivity contribution in [1.29, 1.82) is 0 Å². The number of aromatic nitrogens is 3. The number of allylic oxidation sites excluding steroid dienone is 1. The van der Waals surface area contributed by atoms with Crippen LogP contribution in [0.25, 0.3) is 22.2 Å². The molecule has 46 heavy (non-hydrogen) atoms. The number of benzene rings is 1. The lowest BCUT2D eigenvalue weighted by Crippen LogP contribution is -2.55. The fraction of sp³-hybridized carbons (Fsp3) is 0.500. The van der Waals surface area contributed by atoms with Crippen LogP contribution in [0, 0.1) is 18.8 Å². The number of hydrogen-bond donors (Lipinski definition) is 3. The standard InChI is InChI=1S/C34H44N6O6/c1-21(2)19-40-20-23(18-35-40)27-16-29(25-11-12-28(45-5)22(3)30(25)36-27)46-15-13-26-31(41)38-34(32(42)43)17-24(34)10-8-6-7-9-14-39(4)33(44)37-26/h8,10-12,16,18,20-21,24,26H,6-7,9,13-15,17,19H2,1-5H3,(H,37,44)(H,38,41)(H,42,43). The molecule has 12 heteroatoms. The summed E-state index contributed by atoms with van der Waals surface area (Å²) in [4.78, 5) is 45.3. The SMILES string of the molecule is COc1ccc2c(OCCC3NC(=O)N(C)CCCCC=CC4CC4(C(=O)O)NC3=O)cc(-c3cnn(CC(C)C)c3)nc2c1C. The second kappa shape index (κ2) is 13.8. The molecule has 1 aromatic carbocycles. The van der Waals surface area contributed by atoms with E-state index >= 15 is 0 Å². The Kier molecular flexibility index (Phi) is 9.83. The van der Waals surface area contributed by atoms with E-state index in [0.29, 0.717) is 41.6 Å². The van der Waals surface area contributed by atoms with Gasteiger partial charge in [-0.2, -0.15) is 5.10 Å². The zero-order valence-corrected chi connectivity index (χ0v) is 27.2. The number of methoxy groups -OCH3 is 1. The van der Waals surface area contributed by atoms with Crippen LogP contribution >= 0.6 is 0 Å². The van der Waals surface area contributed by atoms with Gasteiger partial charge in [-0.05, 0) is 50.7 Å². The molecule has 0 bridgehead atoms. The van der Waals surface area contributed by atoms with E-state index < -0.39 is 29.5 Å². The Morgan fingerprint density at radius 1 is 1.22 bits per heavy atom. The number of rotatable bonds is 9. The van der Waals surface area contributed by atoms with Crippen LogP contribution in [0.15, 0.2) is 42.7 Å². The molecule has 12 nitrogen and oxygen atoms in total. The van der Waals surface area contributed by atoms with E-state index in [2.05, 4.69) is 29.6 Å². The summed E-state index contributed by atoms with van der Waals surface area (Å²) in [6.45, 7) is 7.58. The van der Waals surface area contributed by atoms with Gasteiger partial charge in [0.05, 0.1) is 31.1 Å². The van der Waals surface area contributed by atoms with Crippen molar-refractivity contribution in [3.8, 4) is 22.8 Å². The summed E-state index contributed by atoms with van der Waals surface area (Å²) in [6, 6.07) is 4.19. The topological polar surface area (TPSA) is 148 Å². The molecule has 1 saturated carbocycles. The number of pyridine rings is 1. The van der Waals surface area contributed by atoms with Gasteiger partial charge in [0.15, 0.2) is 0 Å². The van der Waals surface area contributed by atoms with Gasteiger partial charge in [-0.3, -0.25) is 9.48 Å². The van der Waals surface area contributed by atoms with Crippen LogP contribution in [-0.2, 0) is 16.1 Å². The lowest BCUT2D eigenvalue weighted by Gasteiger charge is -2.25. The molecule has 0 saturated heterocycles. The third-order valence-corrected chi connectivity index (χ3v) is 8.70. The van der Waals surface area contributed by atoms with Gasteiger partial charge in [0.1, 0.15) is 23.1 Å². The average Bonchev–Trinajstić information content (AvgIpc) is 3.52. The van der Waals surface area contributed by atoms with Gasteiger partial charge in [0.25, 0.3) is 0 Å². The van der Waals surface area contributed by atoms with Crippen molar-refractivity contribution in [3.05, 3.63) is 48.3 Å². The first-order valence-corrected chi connectivity index (χ1v) is 15.9. The van der Waals surface area contributed by atoms with Gasteiger partial charge in [0, 0.05) is 61.3 Å². The summed E-state index contributed by atoms with van der Waals surface area (Å²) >= 11 is 0. The molecule has 3 heterocycles. The molecule has 5 rings (SSSR count). The molecule has 1 aliphatic carbocycles. The number of carboxylic acids is 1. The number of nitrogens with one attached hydrogen (secondary N) is 2. The number of amides is 3. The van der Waals surface area contributed by atoms with Gasteiger partial charge in [-0.15, -0.1) is 0 Å². The van der Waals surface area contributed by atoms with Gasteiger partial charge < -0.3 is 30.1 Å². The van der Waals surface area contributed by atoms with E-state index in [4.69, 9.17) is 14.5 Å². The highest BCUT2D eigenvalue weighted by Gasteiger charge is 2.60. The Balaban J connectivity index is 1.41. The number of carbonyl (C=O) groups is 3. The van der Waals surface area contributed by atoms with E-state index in [0.717, 1.165) is 42.3 Å². The molecule has 0 radical (unpaired) electrons. The van der Waals surface area contributed by atoms with Crippen molar-refractivity contribution >= 4 is 28.8 Å². The summed E-state index contributed by atoms with van der Waals surface area (Å²) in [7, 11) is 3.30. The molecule has 0 spiro atoms. The zero-order valence-electron chi connectivity index (χ0n) is 27.2. The van der Waals surface area contributed by atoms with Crippen molar-refractivity contribution in [2.45, 2.75) is 71.0 Å². The Bertz CT molecular complexity index is 1630. The Hall–Kier alpha value is -4.61. The molecule has 3 amide bonds. The van der Waals surface area contributed by atoms with Gasteiger partial charge in [-0.25, -0.2) is 14.6 Å². The fourth-order valence-corrected chi connectivity index (χ4v) is 5.90. The van der Waals surface area contributed by atoms with Crippen LogP contribution in [0.5, 0.6) is 11.5 Å². The monoisotopic (exact) mass is 632 g/mol. The second-order valence-electron chi connectivity index (χ2n) is 12.7. The Labute approximate surface area is 269 Å². The van der Waals surface area contributed by atoms with Gasteiger partial charge in [0.2, 0.25) is 5.91 Å². The van der Waals surface area contributed by atoms with Gasteiger partial charge >= 0.3 is 12.0 Å². The zero-order chi connectivity index (χ0) is 33.0. The van der Waals surface area contributed by atoms with E-state index in [1.165, 1.54) is 0 Å². The number of carboxylic acid groups (broad SMARTS) is 1. The number of hydrogen-bond acceptors (Lipinski definition) is 7. The van der Waals surface area contributed by atoms with Crippen LogP contribution in [0.1, 0.15) is 51.5 Å². The van der Waals surface area contributed by atoms with E-state index in [9.17, 15) is 19.5 Å². The highest BCUT2D eigenvalue weighted by atomic mass is 16.5. The molecule has 1 fully saturated rings. The van der Waals surface area contributed by atoms with Crippen molar-refractivity contribution < 1.29 is 29.0 Å². The Morgan fingerprint density at radius 3 is 2.76 bits per heavy atom. The van der Waals surface area contributed by atoms with Crippen LogP contribution in [-0.4, -0.2) is 81.6 Å². The predicted octanol–water partition coefficient (Wildman–Crippen LogP) is 4.55. The van der Waals surface area contributed by atoms with Crippen molar-refractivity contribution in [2.24, 2.45) is 11.8 Å². The average molecular weight is 633 g/mol. The first-order chi connectivity index (χ1) is 22.0. The first kappa shape index (κ1) is 32.8. The number of ether oxygens (including phenoxy) is 2. The fourth-order valence-electron chi connectivity index (χ4n) is 5.90. The summed E-state index contributed by atoms with van der Waals surface area (Å²) in [5.74, 6) is -0.251. The van der Waals surface area contributed by atoms with Crippen LogP contribution in [0.2, 0.25) is 0 Å². The number of carbonyl (C=O) groups excluding carboxylic acids is 2. The third-order valence-electron chi connectivity index (χ3n) is 8.70. The predicted molar refractivity (Wildman–Crippen MR) is 174 cm³/mol. The molecule has 3 atom stereocenters. The summed E-state index contributed by atoms with van der Waals surface area (Å²) in [6.07, 6.45) is 10.5. The molecule has 3 N–H and O–H groups in total. The highest BCUT2D eigenvalue weighted by Crippen LogP contribution is 2.45. The molecule has 3 unspecified atom stereocenters. The largest absolute Gasteiger partial charge is 0.496 e. The minimum absolute atomic E-state index is 0.0712. The van der Waals surface area contributed by atoms with Gasteiger partial charge in [-0.1, -0.05) is 26.0 Å². The molecule has 2 aliphatic rings. The maximum absolute atomic E-state index is 13.6. The number of nitrogens with zero attached hydrogens (tertiary/aromatic N) is 4.